The van der Waals surface area contributed by atoms with Gasteiger partial charge in [-0.15, -0.1) is 0 Å². The predicted octanol–water partition coefficient (Wildman–Crippen LogP) is 1.28. The number of carbonyl (C=O) groups is 1. The third kappa shape index (κ3) is 3.69. The van der Waals surface area contributed by atoms with Crippen molar-refractivity contribution >= 4 is 5.91 Å². The molecule has 1 atom stereocenters. The summed E-state index contributed by atoms with van der Waals surface area (Å²) in [7, 11) is 0. The maximum atomic E-state index is 12.1. The number of carbonyl (C=O) groups excluding carboxylic acids is 1. The first kappa shape index (κ1) is 13.8. The Morgan fingerprint density at radius 3 is 2.67 bits per heavy atom. The Morgan fingerprint density at radius 1 is 1.28 bits per heavy atom. The Balaban J connectivity index is 1.66. The average Bonchev–Trinajstić information content (AvgIpc) is 2.93. The summed E-state index contributed by atoms with van der Waals surface area (Å²) in [6, 6.07) is 0.0665. The summed E-state index contributed by atoms with van der Waals surface area (Å²) in [5.41, 5.74) is 0. The fourth-order valence-corrected chi connectivity index (χ4v) is 2.94. The van der Waals surface area contributed by atoms with E-state index in [1.165, 1.54) is 25.9 Å². The van der Waals surface area contributed by atoms with Gasteiger partial charge in [-0.3, -0.25) is 10.1 Å². The molecule has 0 bridgehead atoms. The van der Waals surface area contributed by atoms with Gasteiger partial charge in [0, 0.05) is 6.54 Å². The van der Waals surface area contributed by atoms with E-state index in [9.17, 15) is 4.79 Å². The van der Waals surface area contributed by atoms with E-state index in [0.717, 1.165) is 32.6 Å². The quantitative estimate of drug-likeness (QED) is 0.774. The maximum absolute atomic E-state index is 12.1. The van der Waals surface area contributed by atoms with Gasteiger partial charge in [0.15, 0.2) is 0 Å². The Morgan fingerprint density at radius 2 is 2.00 bits per heavy atom. The SMILES string of the molecule is CC(C)CC1NCN(CCCN2CCCC2)C1=O. The maximum Gasteiger partial charge on any atom is 0.240 e. The summed E-state index contributed by atoms with van der Waals surface area (Å²) in [6.07, 6.45) is 4.77. The van der Waals surface area contributed by atoms with Gasteiger partial charge in [-0.1, -0.05) is 13.8 Å². The summed E-state index contributed by atoms with van der Waals surface area (Å²) in [6.45, 7) is 9.66. The lowest BCUT2D eigenvalue weighted by Gasteiger charge is -2.19. The lowest BCUT2D eigenvalue weighted by Crippen LogP contribution is -2.33. The number of nitrogens with zero attached hydrogens (tertiary/aromatic N) is 2. The highest BCUT2D eigenvalue weighted by molar-refractivity contribution is 5.83. The molecule has 2 saturated heterocycles. The van der Waals surface area contributed by atoms with Gasteiger partial charge in [0.2, 0.25) is 5.91 Å². The first-order valence-corrected chi connectivity index (χ1v) is 7.41. The van der Waals surface area contributed by atoms with Crippen LogP contribution in [0.2, 0.25) is 0 Å². The van der Waals surface area contributed by atoms with Crippen molar-refractivity contribution in [3.63, 3.8) is 0 Å². The molecule has 1 amide bonds. The van der Waals surface area contributed by atoms with Gasteiger partial charge in [0.25, 0.3) is 0 Å². The van der Waals surface area contributed by atoms with Crippen LogP contribution in [0.25, 0.3) is 0 Å². The molecule has 2 fully saturated rings. The minimum absolute atomic E-state index is 0.0665. The van der Waals surface area contributed by atoms with E-state index in [1.54, 1.807) is 0 Å². The molecule has 2 rings (SSSR count). The molecular formula is C14H27N3O. The second kappa shape index (κ2) is 6.53. The van der Waals surface area contributed by atoms with Crippen LogP contribution in [0.3, 0.4) is 0 Å². The molecule has 2 heterocycles. The summed E-state index contributed by atoms with van der Waals surface area (Å²) in [4.78, 5) is 16.6. The van der Waals surface area contributed by atoms with E-state index < -0.39 is 0 Å². The number of amides is 1. The van der Waals surface area contributed by atoms with Crippen LogP contribution in [0.15, 0.2) is 0 Å². The van der Waals surface area contributed by atoms with Gasteiger partial charge in [-0.2, -0.15) is 0 Å². The standard InChI is InChI=1S/C14H27N3O/c1-12(2)10-13-14(18)17(11-15-13)9-5-8-16-6-3-4-7-16/h12-13,15H,3-11H2,1-2H3. The van der Waals surface area contributed by atoms with Gasteiger partial charge < -0.3 is 9.80 Å². The van der Waals surface area contributed by atoms with Crippen molar-refractivity contribution in [2.45, 2.75) is 45.6 Å². The van der Waals surface area contributed by atoms with E-state index in [0.29, 0.717) is 11.8 Å². The van der Waals surface area contributed by atoms with Crippen LogP contribution in [0, 0.1) is 5.92 Å². The van der Waals surface area contributed by atoms with Crippen molar-refractivity contribution in [1.29, 1.82) is 0 Å². The molecule has 0 aliphatic carbocycles. The molecular weight excluding hydrogens is 226 g/mol. The molecule has 0 saturated carbocycles. The predicted molar refractivity (Wildman–Crippen MR) is 73.2 cm³/mol. The fourth-order valence-electron chi connectivity index (χ4n) is 2.94. The van der Waals surface area contributed by atoms with Crippen molar-refractivity contribution in [1.82, 2.24) is 15.1 Å². The number of likely N-dealkylation sites (tertiary alicyclic amines) is 1. The first-order chi connectivity index (χ1) is 8.66. The number of hydrogen-bond donors (Lipinski definition) is 1. The van der Waals surface area contributed by atoms with Crippen LogP contribution in [-0.2, 0) is 4.79 Å². The molecule has 2 aliphatic heterocycles. The van der Waals surface area contributed by atoms with Crippen molar-refractivity contribution in [2.75, 3.05) is 32.8 Å². The van der Waals surface area contributed by atoms with E-state index in [1.807, 2.05) is 4.90 Å². The second-order valence-electron chi connectivity index (χ2n) is 6.05. The molecule has 0 spiro atoms. The molecule has 0 aromatic heterocycles. The third-order valence-electron chi connectivity index (χ3n) is 3.95. The smallest absolute Gasteiger partial charge is 0.240 e. The molecule has 1 N–H and O–H groups in total. The molecule has 0 radical (unpaired) electrons. The summed E-state index contributed by atoms with van der Waals surface area (Å²) >= 11 is 0. The zero-order valence-electron chi connectivity index (χ0n) is 11.8. The molecule has 104 valence electrons. The van der Waals surface area contributed by atoms with Crippen LogP contribution < -0.4 is 5.32 Å². The Hall–Kier alpha value is -0.610. The highest BCUT2D eigenvalue weighted by Crippen LogP contribution is 2.13. The van der Waals surface area contributed by atoms with Gasteiger partial charge in [-0.05, 0) is 51.2 Å². The zero-order valence-corrected chi connectivity index (χ0v) is 11.8. The number of rotatable bonds is 6. The Kier molecular flexibility index (Phi) is 5.01. The topological polar surface area (TPSA) is 35.6 Å². The molecule has 0 aromatic carbocycles. The normalized spacial score (nSPS) is 25.6. The van der Waals surface area contributed by atoms with E-state index >= 15 is 0 Å². The summed E-state index contributed by atoms with van der Waals surface area (Å²) in [5.74, 6) is 0.890. The van der Waals surface area contributed by atoms with Crippen molar-refractivity contribution in [2.24, 2.45) is 5.92 Å². The Labute approximate surface area is 111 Å². The zero-order chi connectivity index (χ0) is 13.0. The van der Waals surface area contributed by atoms with Gasteiger partial charge in [0.1, 0.15) is 0 Å². The van der Waals surface area contributed by atoms with E-state index in [-0.39, 0.29) is 6.04 Å². The minimum atomic E-state index is 0.0665. The molecule has 2 aliphatic rings. The molecule has 1 unspecified atom stereocenters. The average molecular weight is 253 g/mol. The van der Waals surface area contributed by atoms with Crippen molar-refractivity contribution in [3.8, 4) is 0 Å². The van der Waals surface area contributed by atoms with Gasteiger partial charge in [-0.25, -0.2) is 0 Å². The van der Waals surface area contributed by atoms with Gasteiger partial charge >= 0.3 is 0 Å². The lowest BCUT2D eigenvalue weighted by molar-refractivity contribution is -0.129. The van der Waals surface area contributed by atoms with E-state index in [4.69, 9.17) is 0 Å². The minimum Gasteiger partial charge on any atom is -0.329 e. The molecule has 4 nitrogen and oxygen atoms in total. The van der Waals surface area contributed by atoms with Crippen LogP contribution >= 0.6 is 0 Å². The monoisotopic (exact) mass is 253 g/mol. The number of nitrogens with one attached hydrogen (secondary N) is 1. The highest BCUT2D eigenvalue weighted by atomic mass is 16.2. The molecule has 0 aromatic rings. The first-order valence-electron chi connectivity index (χ1n) is 7.41. The summed E-state index contributed by atoms with van der Waals surface area (Å²) in [5, 5.41) is 3.33. The van der Waals surface area contributed by atoms with Gasteiger partial charge in [0.05, 0.1) is 12.7 Å². The van der Waals surface area contributed by atoms with Crippen LogP contribution in [0.4, 0.5) is 0 Å². The third-order valence-corrected chi connectivity index (χ3v) is 3.95. The van der Waals surface area contributed by atoms with E-state index in [2.05, 4.69) is 24.1 Å². The second-order valence-corrected chi connectivity index (χ2v) is 6.05. The fraction of sp³-hybridized carbons (Fsp3) is 0.929. The molecule has 18 heavy (non-hydrogen) atoms. The van der Waals surface area contributed by atoms with Crippen LogP contribution in [0.1, 0.15) is 39.5 Å². The highest BCUT2D eigenvalue weighted by Gasteiger charge is 2.30. The van der Waals surface area contributed by atoms with Crippen LogP contribution in [0.5, 0.6) is 0 Å². The largest absolute Gasteiger partial charge is 0.329 e. The summed E-state index contributed by atoms with van der Waals surface area (Å²) < 4.78 is 0. The number of hydrogen-bond acceptors (Lipinski definition) is 3. The van der Waals surface area contributed by atoms with Crippen LogP contribution in [-0.4, -0.2) is 54.6 Å². The lowest BCUT2D eigenvalue weighted by atomic mass is 10.0. The van der Waals surface area contributed by atoms with Crippen molar-refractivity contribution < 1.29 is 4.79 Å². The Bertz CT molecular complexity index is 274. The molecule has 4 heteroatoms. The van der Waals surface area contributed by atoms with Crippen molar-refractivity contribution in [3.05, 3.63) is 0 Å².